The zero-order chi connectivity index (χ0) is 13.2. The van der Waals surface area contributed by atoms with E-state index in [1.165, 1.54) is 5.56 Å². The van der Waals surface area contributed by atoms with E-state index in [-0.39, 0.29) is 6.04 Å². The molecule has 1 aliphatic rings. The number of benzene rings is 1. The molecule has 0 bridgehead atoms. The topological polar surface area (TPSA) is 66.0 Å². The molecule has 5 heteroatoms. The summed E-state index contributed by atoms with van der Waals surface area (Å²) in [6, 6.07) is 5.98. The fourth-order valence-electron chi connectivity index (χ4n) is 2.46. The lowest BCUT2D eigenvalue weighted by molar-refractivity contribution is 0.357. The van der Waals surface area contributed by atoms with Crippen LogP contribution in [0.5, 0.6) is 5.75 Å². The van der Waals surface area contributed by atoms with Gasteiger partial charge in [-0.05, 0) is 23.6 Å². The largest absolute Gasteiger partial charge is 0.493 e. The molecule has 0 saturated heterocycles. The maximum Gasteiger partial charge on any atom is 0.122 e. The van der Waals surface area contributed by atoms with E-state index in [1.807, 2.05) is 16.8 Å². The molecule has 0 fully saturated rings. The van der Waals surface area contributed by atoms with Crippen molar-refractivity contribution in [3.8, 4) is 5.75 Å². The van der Waals surface area contributed by atoms with Gasteiger partial charge in [0.15, 0.2) is 0 Å². The Bertz CT molecular complexity index is 579. The summed E-state index contributed by atoms with van der Waals surface area (Å²) >= 11 is 0. The molecular formula is C14H18N4O. The molecule has 0 radical (unpaired) electrons. The number of rotatable bonds is 4. The van der Waals surface area contributed by atoms with Crippen molar-refractivity contribution in [2.24, 2.45) is 5.73 Å². The summed E-state index contributed by atoms with van der Waals surface area (Å²) < 4.78 is 7.40. The van der Waals surface area contributed by atoms with E-state index in [2.05, 4.69) is 23.3 Å². The van der Waals surface area contributed by atoms with Crippen LogP contribution in [0.25, 0.3) is 0 Å². The van der Waals surface area contributed by atoms with Crippen LogP contribution < -0.4 is 10.5 Å². The minimum atomic E-state index is -0.188. The summed E-state index contributed by atoms with van der Waals surface area (Å²) in [5.74, 6) is 0.983. The van der Waals surface area contributed by atoms with Crippen LogP contribution in [0.4, 0.5) is 0 Å². The van der Waals surface area contributed by atoms with E-state index in [0.29, 0.717) is 0 Å². The summed E-state index contributed by atoms with van der Waals surface area (Å²) in [6.07, 6.45) is 3.73. The van der Waals surface area contributed by atoms with Gasteiger partial charge in [-0.3, -0.25) is 0 Å². The molecule has 0 saturated carbocycles. The van der Waals surface area contributed by atoms with E-state index in [0.717, 1.165) is 43.0 Å². The average molecular weight is 258 g/mol. The Labute approximate surface area is 112 Å². The van der Waals surface area contributed by atoms with Gasteiger partial charge < -0.3 is 10.5 Å². The van der Waals surface area contributed by atoms with Gasteiger partial charge in [-0.15, -0.1) is 5.10 Å². The molecule has 2 aromatic rings. The second-order valence-electron chi connectivity index (χ2n) is 4.83. The summed E-state index contributed by atoms with van der Waals surface area (Å²) in [5, 5.41) is 8.06. The Balaban J connectivity index is 1.90. The number of hydrogen-bond donors (Lipinski definition) is 1. The van der Waals surface area contributed by atoms with Crippen molar-refractivity contribution >= 4 is 0 Å². The highest BCUT2D eigenvalue weighted by atomic mass is 16.5. The first-order valence-electron chi connectivity index (χ1n) is 6.69. The smallest absolute Gasteiger partial charge is 0.122 e. The molecule has 1 unspecified atom stereocenters. The summed E-state index contributed by atoms with van der Waals surface area (Å²) in [5.41, 5.74) is 9.63. The fraction of sp³-hybridized carbons (Fsp3) is 0.429. The third kappa shape index (κ3) is 2.21. The number of aromatic nitrogens is 3. The van der Waals surface area contributed by atoms with Crippen molar-refractivity contribution in [2.75, 3.05) is 6.61 Å². The van der Waals surface area contributed by atoms with E-state index in [9.17, 15) is 0 Å². The van der Waals surface area contributed by atoms with Crippen LogP contribution in [-0.2, 0) is 13.0 Å². The van der Waals surface area contributed by atoms with Gasteiger partial charge >= 0.3 is 0 Å². The average Bonchev–Trinajstić information content (AvgIpc) is 3.05. The molecule has 3 rings (SSSR count). The van der Waals surface area contributed by atoms with Gasteiger partial charge in [-0.1, -0.05) is 24.3 Å². The summed E-state index contributed by atoms with van der Waals surface area (Å²) in [4.78, 5) is 0. The maximum atomic E-state index is 6.34. The lowest BCUT2D eigenvalue weighted by Crippen LogP contribution is -2.17. The van der Waals surface area contributed by atoms with E-state index in [1.54, 1.807) is 6.20 Å². The zero-order valence-corrected chi connectivity index (χ0v) is 11.0. The second-order valence-corrected chi connectivity index (χ2v) is 4.83. The maximum absolute atomic E-state index is 6.34. The van der Waals surface area contributed by atoms with Gasteiger partial charge in [-0.25, -0.2) is 4.68 Å². The van der Waals surface area contributed by atoms with Gasteiger partial charge in [0.2, 0.25) is 0 Å². The molecule has 1 atom stereocenters. The molecule has 5 nitrogen and oxygen atoms in total. The third-order valence-corrected chi connectivity index (χ3v) is 3.47. The fourth-order valence-corrected chi connectivity index (χ4v) is 2.46. The normalized spacial score (nSPS) is 15.1. The molecule has 1 aliphatic heterocycles. The van der Waals surface area contributed by atoms with Crippen LogP contribution >= 0.6 is 0 Å². The number of nitrogens with two attached hydrogens (primary N) is 1. The van der Waals surface area contributed by atoms with Crippen LogP contribution in [0, 0.1) is 0 Å². The van der Waals surface area contributed by atoms with Gasteiger partial charge in [0.1, 0.15) is 5.75 Å². The molecule has 19 heavy (non-hydrogen) atoms. The lowest BCUT2D eigenvalue weighted by Gasteiger charge is -2.14. The lowest BCUT2D eigenvalue weighted by atomic mass is 10.0. The van der Waals surface area contributed by atoms with Gasteiger partial charge in [-0.2, -0.15) is 0 Å². The highest BCUT2D eigenvalue weighted by Crippen LogP contribution is 2.29. The first-order valence-corrected chi connectivity index (χ1v) is 6.69. The third-order valence-electron chi connectivity index (χ3n) is 3.47. The molecule has 0 spiro atoms. The SMILES string of the molecule is CCCn1nncc1C(N)c1ccc2c(c1)CCO2. The van der Waals surface area contributed by atoms with Crippen molar-refractivity contribution in [2.45, 2.75) is 32.4 Å². The molecule has 0 aliphatic carbocycles. The Hall–Kier alpha value is -1.88. The molecule has 2 heterocycles. The molecular weight excluding hydrogens is 240 g/mol. The van der Waals surface area contributed by atoms with E-state index < -0.39 is 0 Å². The van der Waals surface area contributed by atoms with Gasteiger partial charge in [0.05, 0.1) is 24.5 Å². The summed E-state index contributed by atoms with van der Waals surface area (Å²) in [6.45, 7) is 3.73. The number of hydrogen-bond acceptors (Lipinski definition) is 4. The minimum Gasteiger partial charge on any atom is -0.493 e. The zero-order valence-electron chi connectivity index (χ0n) is 11.0. The van der Waals surface area contributed by atoms with Crippen LogP contribution in [0.15, 0.2) is 24.4 Å². The Morgan fingerprint density at radius 2 is 2.37 bits per heavy atom. The standard InChI is InChI=1S/C14H18N4O/c1-2-6-18-12(9-16-17-18)14(15)11-3-4-13-10(8-11)5-7-19-13/h3-4,8-9,14H,2,5-7,15H2,1H3. The van der Waals surface area contributed by atoms with E-state index >= 15 is 0 Å². The second kappa shape index (κ2) is 5.01. The van der Waals surface area contributed by atoms with E-state index in [4.69, 9.17) is 10.5 Å². The first-order chi connectivity index (χ1) is 9.29. The Morgan fingerprint density at radius 3 is 3.21 bits per heavy atom. The quantitative estimate of drug-likeness (QED) is 0.906. The van der Waals surface area contributed by atoms with Crippen LogP contribution in [0.3, 0.4) is 0 Å². The molecule has 100 valence electrons. The van der Waals surface area contributed by atoms with Crippen molar-refractivity contribution in [1.29, 1.82) is 0 Å². The van der Waals surface area contributed by atoms with Crippen LogP contribution in [0.2, 0.25) is 0 Å². The number of ether oxygens (including phenoxy) is 1. The van der Waals surface area contributed by atoms with Crippen molar-refractivity contribution in [3.63, 3.8) is 0 Å². The van der Waals surface area contributed by atoms with Crippen LogP contribution in [-0.4, -0.2) is 21.6 Å². The predicted molar refractivity (Wildman–Crippen MR) is 72.0 cm³/mol. The van der Waals surface area contributed by atoms with Gasteiger partial charge in [0.25, 0.3) is 0 Å². The monoisotopic (exact) mass is 258 g/mol. The Morgan fingerprint density at radius 1 is 1.47 bits per heavy atom. The van der Waals surface area contributed by atoms with Gasteiger partial charge in [0, 0.05) is 13.0 Å². The highest BCUT2D eigenvalue weighted by Gasteiger charge is 2.18. The van der Waals surface area contributed by atoms with Crippen LogP contribution in [0.1, 0.15) is 36.2 Å². The molecule has 1 aromatic heterocycles. The molecule has 2 N–H and O–H groups in total. The van der Waals surface area contributed by atoms with Crippen molar-refractivity contribution in [3.05, 3.63) is 41.2 Å². The predicted octanol–water partition coefficient (Wildman–Crippen LogP) is 1.67. The molecule has 1 aromatic carbocycles. The number of aryl methyl sites for hydroxylation is 1. The minimum absolute atomic E-state index is 0.188. The first kappa shape index (κ1) is 12.2. The summed E-state index contributed by atoms with van der Waals surface area (Å²) in [7, 11) is 0. The Kier molecular flexibility index (Phi) is 3.21. The number of nitrogens with zero attached hydrogens (tertiary/aromatic N) is 3. The molecule has 0 amide bonds. The highest BCUT2D eigenvalue weighted by molar-refractivity contribution is 5.42. The number of fused-ring (bicyclic) bond motifs is 1. The van der Waals surface area contributed by atoms with Crippen molar-refractivity contribution in [1.82, 2.24) is 15.0 Å². The van der Waals surface area contributed by atoms with Crippen molar-refractivity contribution < 1.29 is 4.74 Å².